The lowest BCUT2D eigenvalue weighted by Gasteiger charge is -2.07. The molecule has 0 spiro atoms. The van der Waals surface area contributed by atoms with Gasteiger partial charge in [-0.05, 0) is 34.7 Å². The van der Waals surface area contributed by atoms with Crippen molar-refractivity contribution in [3.05, 3.63) is 57.7 Å². The number of carbonyl (C=O) groups is 2. The highest BCUT2D eigenvalue weighted by Crippen LogP contribution is 2.10. The van der Waals surface area contributed by atoms with Crippen molar-refractivity contribution in [2.24, 2.45) is 0 Å². The van der Waals surface area contributed by atoms with Crippen molar-refractivity contribution < 1.29 is 9.59 Å². The first kappa shape index (κ1) is 15.4. The summed E-state index contributed by atoms with van der Waals surface area (Å²) in [7, 11) is 0. The van der Waals surface area contributed by atoms with Crippen molar-refractivity contribution in [2.45, 2.75) is 0 Å². The van der Waals surface area contributed by atoms with E-state index < -0.39 is 0 Å². The SMILES string of the molecule is O=C(NCCNC(=O)c1ccccc1I)c1cnccn1. The molecule has 21 heavy (non-hydrogen) atoms. The second kappa shape index (κ2) is 7.67. The standard InChI is InChI=1S/C14H13IN4O2/c15-11-4-2-1-3-10(11)13(20)18-7-8-19-14(21)12-9-16-5-6-17-12/h1-6,9H,7-8H2,(H,18,20)(H,19,21). The van der Waals surface area contributed by atoms with Crippen LogP contribution in [0.4, 0.5) is 0 Å². The highest BCUT2D eigenvalue weighted by Gasteiger charge is 2.09. The third kappa shape index (κ3) is 4.48. The van der Waals surface area contributed by atoms with E-state index in [0.717, 1.165) is 3.57 Å². The summed E-state index contributed by atoms with van der Waals surface area (Å²) in [5.41, 5.74) is 0.875. The van der Waals surface area contributed by atoms with Gasteiger partial charge in [-0.2, -0.15) is 0 Å². The largest absolute Gasteiger partial charge is 0.350 e. The molecule has 0 aliphatic rings. The molecule has 1 aromatic heterocycles. The molecule has 0 fully saturated rings. The Kier molecular flexibility index (Phi) is 5.61. The molecule has 2 rings (SSSR count). The Balaban J connectivity index is 1.76. The lowest BCUT2D eigenvalue weighted by atomic mass is 10.2. The molecular formula is C14H13IN4O2. The van der Waals surface area contributed by atoms with Crippen molar-refractivity contribution in [3.8, 4) is 0 Å². The Morgan fingerprint density at radius 3 is 2.43 bits per heavy atom. The number of carbonyl (C=O) groups excluding carboxylic acids is 2. The van der Waals surface area contributed by atoms with E-state index in [1.807, 2.05) is 18.2 Å². The van der Waals surface area contributed by atoms with E-state index in [2.05, 4.69) is 43.2 Å². The van der Waals surface area contributed by atoms with Gasteiger partial charge in [-0.15, -0.1) is 0 Å². The van der Waals surface area contributed by atoms with Crippen LogP contribution in [0, 0.1) is 3.57 Å². The van der Waals surface area contributed by atoms with Gasteiger partial charge in [-0.1, -0.05) is 12.1 Å². The molecule has 1 aromatic carbocycles. The Morgan fingerprint density at radius 2 is 1.76 bits per heavy atom. The Labute approximate surface area is 135 Å². The van der Waals surface area contributed by atoms with Crippen molar-refractivity contribution in [1.29, 1.82) is 0 Å². The van der Waals surface area contributed by atoms with E-state index in [1.165, 1.54) is 18.6 Å². The second-order valence-corrected chi connectivity index (χ2v) is 5.24. The van der Waals surface area contributed by atoms with Gasteiger partial charge in [0.15, 0.2) is 0 Å². The second-order valence-electron chi connectivity index (χ2n) is 4.08. The number of benzene rings is 1. The fraction of sp³-hybridized carbons (Fsp3) is 0.143. The average molecular weight is 396 g/mol. The van der Waals surface area contributed by atoms with E-state index in [-0.39, 0.29) is 17.5 Å². The molecule has 1 heterocycles. The van der Waals surface area contributed by atoms with Gasteiger partial charge >= 0.3 is 0 Å². The number of halogens is 1. The zero-order valence-corrected chi connectivity index (χ0v) is 13.2. The Morgan fingerprint density at radius 1 is 1.05 bits per heavy atom. The minimum atomic E-state index is -0.313. The molecule has 2 amide bonds. The number of rotatable bonds is 5. The minimum absolute atomic E-state index is 0.159. The van der Waals surface area contributed by atoms with Gasteiger partial charge in [0.1, 0.15) is 5.69 Å². The molecule has 0 aliphatic heterocycles. The summed E-state index contributed by atoms with van der Waals surface area (Å²) in [5, 5.41) is 5.41. The quantitative estimate of drug-likeness (QED) is 0.589. The molecule has 2 N–H and O–H groups in total. The van der Waals surface area contributed by atoms with Gasteiger partial charge < -0.3 is 10.6 Å². The molecule has 0 bridgehead atoms. The highest BCUT2D eigenvalue weighted by molar-refractivity contribution is 14.1. The summed E-state index contributed by atoms with van der Waals surface area (Å²) >= 11 is 2.11. The van der Waals surface area contributed by atoms with Gasteiger partial charge in [0, 0.05) is 29.1 Å². The Bertz CT molecular complexity index is 634. The van der Waals surface area contributed by atoms with Crippen molar-refractivity contribution in [1.82, 2.24) is 20.6 Å². The predicted molar refractivity (Wildman–Crippen MR) is 85.9 cm³/mol. The zero-order chi connectivity index (χ0) is 15.1. The smallest absolute Gasteiger partial charge is 0.271 e. The summed E-state index contributed by atoms with van der Waals surface area (Å²) < 4.78 is 0.885. The number of hydrogen-bond acceptors (Lipinski definition) is 4. The fourth-order valence-corrected chi connectivity index (χ4v) is 2.23. The molecule has 0 radical (unpaired) electrons. The number of hydrogen-bond donors (Lipinski definition) is 2. The van der Waals surface area contributed by atoms with Crippen LogP contribution in [0.2, 0.25) is 0 Å². The summed E-state index contributed by atoms with van der Waals surface area (Å²) in [5.74, 6) is -0.472. The molecule has 108 valence electrons. The Hall–Kier alpha value is -2.03. The van der Waals surface area contributed by atoms with Crippen LogP contribution in [0.15, 0.2) is 42.9 Å². The fourth-order valence-electron chi connectivity index (χ4n) is 1.60. The van der Waals surface area contributed by atoms with Gasteiger partial charge in [0.25, 0.3) is 11.8 Å². The summed E-state index contributed by atoms with van der Waals surface area (Å²) in [6.07, 6.45) is 4.34. The molecule has 0 unspecified atom stereocenters. The molecule has 2 aromatic rings. The van der Waals surface area contributed by atoms with Crippen LogP contribution in [0.5, 0.6) is 0 Å². The van der Waals surface area contributed by atoms with Crippen LogP contribution in [0.3, 0.4) is 0 Å². The predicted octanol–water partition coefficient (Wildman–Crippen LogP) is 1.24. The molecule has 7 heteroatoms. The first-order valence-electron chi connectivity index (χ1n) is 6.25. The maximum Gasteiger partial charge on any atom is 0.271 e. The minimum Gasteiger partial charge on any atom is -0.350 e. The van der Waals surface area contributed by atoms with Crippen molar-refractivity contribution in [3.63, 3.8) is 0 Å². The van der Waals surface area contributed by atoms with E-state index >= 15 is 0 Å². The van der Waals surface area contributed by atoms with Crippen LogP contribution in [-0.4, -0.2) is 34.9 Å². The normalized spacial score (nSPS) is 9.95. The molecule has 0 aliphatic carbocycles. The van der Waals surface area contributed by atoms with Gasteiger partial charge in [-0.25, -0.2) is 4.98 Å². The van der Waals surface area contributed by atoms with Crippen molar-refractivity contribution in [2.75, 3.05) is 13.1 Å². The lowest BCUT2D eigenvalue weighted by Crippen LogP contribution is -2.35. The van der Waals surface area contributed by atoms with E-state index in [0.29, 0.717) is 18.7 Å². The van der Waals surface area contributed by atoms with Crippen molar-refractivity contribution >= 4 is 34.4 Å². The van der Waals surface area contributed by atoms with Crippen LogP contribution in [-0.2, 0) is 0 Å². The summed E-state index contributed by atoms with van der Waals surface area (Å²) in [6.45, 7) is 0.667. The van der Waals surface area contributed by atoms with Gasteiger partial charge in [0.05, 0.1) is 11.8 Å². The maximum atomic E-state index is 11.9. The third-order valence-electron chi connectivity index (χ3n) is 2.61. The zero-order valence-electron chi connectivity index (χ0n) is 11.0. The first-order chi connectivity index (χ1) is 10.2. The number of nitrogens with zero attached hydrogens (tertiary/aromatic N) is 2. The molecule has 6 nitrogen and oxygen atoms in total. The van der Waals surface area contributed by atoms with Crippen LogP contribution < -0.4 is 10.6 Å². The molecule has 0 saturated heterocycles. The number of aromatic nitrogens is 2. The summed E-state index contributed by atoms with van der Waals surface area (Å²) in [6, 6.07) is 7.31. The van der Waals surface area contributed by atoms with E-state index in [9.17, 15) is 9.59 Å². The first-order valence-corrected chi connectivity index (χ1v) is 7.33. The van der Waals surface area contributed by atoms with E-state index in [4.69, 9.17) is 0 Å². The lowest BCUT2D eigenvalue weighted by molar-refractivity contribution is 0.0924. The molecule has 0 saturated carbocycles. The highest BCUT2D eigenvalue weighted by atomic mass is 127. The topological polar surface area (TPSA) is 84.0 Å². The molecular weight excluding hydrogens is 383 g/mol. The van der Waals surface area contributed by atoms with Crippen LogP contribution in [0.1, 0.15) is 20.8 Å². The number of amides is 2. The third-order valence-corrected chi connectivity index (χ3v) is 3.55. The summed E-state index contributed by atoms with van der Waals surface area (Å²) in [4.78, 5) is 31.3. The monoisotopic (exact) mass is 396 g/mol. The van der Waals surface area contributed by atoms with E-state index in [1.54, 1.807) is 6.07 Å². The van der Waals surface area contributed by atoms with Gasteiger partial charge in [-0.3, -0.25) is 14.6 Å². The maximum absolute atomic E-state index is 11.9. The van der Waals surface area contributed by atoms with Crippen LogP contribution in [0.25, 0.3) is 0 Å². The average Bonchev–Trinajstić information content (AvgIpc) is 2.52. The van der Waals surface area contributed by atoms with Gasteiger partial charge in [0.2, 0.25) is 0 Å². The van der Waals surface area contributed by atoms with Crippen LogP contribution >= 0.6 is 22.6 Å². The molecule has 0 atom stereocenters. The number of nitrogens with one attached hydrogen (secondary N) is 2.